The van der Waals surface area contributed by atoms with Crippen molar-refractivity contribution < 1.29 is 18.3 Å². The average molecular weight is 304 g/mol. The van der Waals surface area contributed by atoms with E-state index in [2.05, 4.69) is 0 Å². The molecule has 0 fully saturated rings. The summed E-state index contributed by atoms with van der Waals surface area (Å²) in [4.78, 5) is 11.4. The molecule has 2 rings (SSSR count). The molecule has 0 aliphatic rings. The number of rotatable bonds is 6. The van der Waals surface area contributed by atoms with Gasteiger partial charge in [-0.1, -0.05) is 48.5 Å². The average Bonchev–Trinajstić information content (AvgIpc) is 2.49. The first-order valence-electron chi connectivity index (χ1n) is 6.57. The number of hydrogen-bond donors (Lipinski definition) is 1. The van der Waals surface area contributed by atoms with Crippen LogP contribution in [0.15, 0.2) is 65.6 Å². The van der Waals surface area contributed by atoms with Crippen molar-refractivity contribution in [2.24, 2.45) is 0 Å². The Labute approximate surface area is 124 Å². The lowest BCUT2D eigenvalue weighted by molar-refractivity contribution is -0.136. The van der Waals surface area contributed by atoms with E-state index in [1.165, 1.54) is 12.1 Å². The van der Waals surface area contributed by atoms with Gasteiger partial charge in [0.05, 0.1) is 4.90 Å². The molecule has 2 aromatic carbocycles. The monoisotopic (exact) mass is 304 g/mol. The highest BCUT2D eigenvalue weighted by Gasteiger charge is 2.33. The van der Waals surface area contributed by atoms with Crippen molar-refractivity contribution >= 4 is 15.8 Å². The van der Waals surface area contributed by atoms with Crippen molar-refractivity contribution in [1.29, 1.82) is 0 Å². The van der Waals surface area contributed by atoms with Gasteiger partial charge in [0.25, 0.3) is 0 Å². The minimum Gasteiger partial charge on any atom is -0.480 e. The zero-order chi connectivity index (χ0) is 15.3. The zero-order valence-corrected chi connectivity index (χ0v) is 12.2. The van der Waals surface area contributed by atoms with Crippen LogP contribution in [-0.2, 0) is 21.1 Å². The van der Waals surface area contributed by atoms with E-state index < -0.39 is 21.1 Å². The first-order chi connectivity index (χ1) is 10.0. The molecule has 0 aliphatic heterocycles. The Morgan fingerprint density at radius 3 is 2.00 bits per heavy atom. The van der Waals surface area contributed by atoms with Crippen molar-refractivity contribution in [1.82, 2.24) is 0 Å². The van der Waals surface area contributed by atoms with Gasteiger partial charge in [-0.15, -0.1) is 0 Å². The third-order valence-electron chi connectivity index (χ3n) is 3.26. The van der Waals surface area contributed by atoms with Crippen LogP contribution in [0, 0.1) is 0 Å². The van der Waals surface area contributed by atoms with Gasteiger partial charge in [-0.05, 0) is 30.5 Å². The summed E-state index contributed by atoms with van der Waals surface area (Å²) in [6.07, 6.45) is 0.459. The molecule has 0 heterocycles. The van der Waals surface area contributed by atoms with Crippen molar-refractivity contribution in [3.63, 3.8) is 0 Å². The second-order valence-corrected chi connectivity index (χ2v) is 6.84. The van der Waals surface area contributed by atoms with Gasteiger partial charge in [-0.25, -0.2) is 8.42 Å². The summed E-state index contributed by atoms with van der Waals surface area (Å²) in [6.45, 7) is 0. The second-order valence-electron chi connectivity index (χ2n) is 4.71. The molecule has 1 N–H and O–H groups in total. The number of carboxylic acid groups (broad SMARTS) is 1. The molecule has 0 spiro atoms. The lowest BCUT2D eigenvalue weighted by atomic mass is 10.1. The Kier molecular flexibility index (Phi) is 4.75. The van der Waals surface area contributed by atoms with Crippen LogP contribution in [0.25, 0.3) is 0 Å². The summed E-state index contributed by atoms with van der Waals surface area (Å²) >= 11 is 0. The molecule has 4 nitrogen and oxygen atoms in total. The number of aliphatic carboxylic acids is 1. The summed E-state index contributed by atoms with van der Waals surface area (Å²) in [5.41, 5.74) is 0.923. The van der Waals surface area contributed by atoms with Gasteiger partial charge < -0.3 is 5.11 Å². The summed E-state index contributed by atoms with van der Waals surface area (Å²) in [5, 5.41) is 7.84. The Bertz CT molecular complexity index is 694. The van der Waals surface area contributed by atoms with Gasteiger partial charge in [0.2, 0.25) is 0 Å². The topological polar surface area (TPSA) is 71.4 Å². The predicted octanol–water partition coefficient (Wildman–Crippen LogP) is 2.55. The van der Waals surface area contributed by atoms with E-state index in [4.69, 9.17) is 0 Å². The second kappa shape index (κ2) is 6.54. The van der Waals surface area contributed by atoms with Crippen LogP contribution in [0.3, 0.4) is 0 Å². The summed E-state index contributed by atoms with van der Waals surface area (Å²) in [5.74, 6) is -1.31. The first kappa shape index (κ1) is 15.3. The SMILES string of the molecule is O=C(O)C(CCc1ccccc1)S(=O)(=O)c1ccccc1. The lowest BCUT2D eigenvalue weighted by Crippen LogP contribution is -2.30. The van der Waals surface area contributed by atoms with Gasteiger partial charge in [0, 0.05) is 0 Å². The highest BCUT2D eigenvalue weighted by atomic mass is 32.2. The van der Waals surface area contributed by atoms with E-state index in [0.29, 0.717) is 6.42 Å². The van der Waals surface area contributed by atoms with Gasteiger partial charge in [0.1, 0.15) is 0 Å². The maximum atomic E-state index is 12.4. The van der Waals surface area contributed by atoms with Crippen LogP contribution in [0.2, 0.25) is 0 Å². The van der Waals surface area contributed by atoms with Crippen LogP contribution in [0.4, 0.5) is 0 Å². The molecular formula is C16H16O4S. The van der Waals surface area contributed by atoms with Gasteiger partial charge in [-0.3, -0.25) is 4.79 Å². The Balaban J connectivity index is 2.21. The van der Waals surface area contributed by atoms with Gasteiger partial charge in [0.15, 0.2) is 15.1 Å². The van der Waals surface area contributed by atoms with Crippen molar-refractivity contribution in [2.45, 2.75) is 23.0 Å². The third-order valence-corrected chi connectivity index (χ3v) is 5.38. The van der Waals surface area contributed by atoms with Crippen LogP contribution in [0.1, 0.15) is 12.0 Å². The van der Waals surface area contributed by atoms with E-state index in [1.54, 1.807) is 18.2 Å². The maximum Gasteiger partial charge on any atom is 0.322 e. The molecule has 0 saturated carbocycles. The number of carboxylic acids is 1. The smallest absolute Gasteiger partial charge is 0.322 e. The minimum atomic E-state index is -3.87. The fraction of sp³-hybridized carbons (Fsp3) is 0.188. The quantitative estimate of drug-likeness (QED) is 0.890. The number of hydrogen-bond acceptors (Lipinski definition) is 3. The van der Waals surface area contributed by atoms with Crippen LogP contribution < -0.4 is 0 Å². The molecule has 0 aromatic heterocycles. The number of carbonyl (C=O) groups is 1. The fourth-order valence-corrected chi connectivity index (χ4v) is 3.69. The Morgan fingerprint density at radius 2 is 1.48 bits per heavy atom. The molecule has 21 heavy (non-hydrogen) atoms. The molecule has 5 heteroatoms. The lowest BCUT2D eigenvalue weighted by Gasteiger charge is -2.13. The summed E-state index contributed by atoms with van der Waals surface area (Å²) in [6, 6.07) is 17.0. The van der Waals surface area contributed by atoms with E-state index in [-0.39, 0.29) is 11.3 Å². The largest absolute Gasteiger partial charge is 0.480 e. The molecule has 0 bridgehead atoms. The van der Waals surface area contributed by atoms with E-state index in [0.717, 1.165) is 5.56 Å². The molecule has 0 aliphatic carbocycles. The molecule has 0 radical (unpaired) electrons. The summed E-state index contributed by atoms with van der Waals surface area (Å²) < 4.78 is 24.8. The molecule has 2 aromatic rings. The van der Waals surface area contributed by atoms with Crippen LogP contribution >= 0.6 is 0 Å². The Hall–Kier alpha value is -2.14. The van der Waals surface area contributed by atoms with E-state index in [9.17, 15) is 18.3 Å². The number of benzene rings is 2. The van der Waals surface area contributed by atoms with E-state index >= 15 is 0 Å². The first-order valence-corrected chi connectivity index (χ1v) is 8.12. The highest BCUT2D eigenvalue weighted by molar-refractivity contribution is 7.92. The van der Waals surface area contributed by atoms with Crippen molar-refractivity contribution in [2.75, 3.05) is 0 Å². The fourth-order valence-electron chi connectivity index (χ4n) is 2.13. The maximum absolute atomic E-state index is 12.4. The van der Waals surface area contributed by atoms with Crippen molar-refractivity contribution in [3.8, 4) is 0 Å². The number of aryl methyl sites for hydroxylation is 1. The summed E-state index contributed by atoms with van der Waals surface area (Å²) in [7, 11) is -3.87. The van der Waals surface area contributed by atoms with E-state index in [1.807, 2.05) is 30.3 Å². The molecule has 0 amide bonds. The highest BCUT2D eigenvalue weighted by Crippen LogP contribution is 2.20. The Morgan fingerprint density at radius 1 is 0.952 bits per heavy atom. The van der Waals surface area contributed by atoms with Crippen molar-refractivity contribution in [3.05, 3.63) is 66.2 Å². The van der Waals surface area contributed by atoms with Crippen LogP contribution in [-0.4, -0.2) is 24.7 Å². The molecule has 1 atom stereocenters. The normalized spacial score (nSPS) is 12.8. The molecule has 110 valence electrons. The number of sulfone groups is 1. The third kappa shape index (κ3) is 3.70. The van der Waals surface area contributed by atoms with Gasteiger partial charge in [-0.2, -0.15) is 0 Å². The molecule has 1 unspecified atom stereocenters. The molecule has 0 saturated heterocycles. The predicted molar refractivity (Wildman–Crippen MR) is 79.8 cm³/mol. The minimum absolute atomic E-state index is 0.0467. The standard InChI is InChI=1S/C16H16O4S/c17-16(18)15(12-11-13-7-3-1-4-8-13)21(19,20)14-9-5-2-6-10-14/h1-10,15H,11-12H2,(H,17,18). The van der Waals surface area contributed by atoms with Crippen LogP contribution in [0.5, 0.6) is 0 Å². The zero-order valence-electron chi connectivity index (χ0n) is 11.3. The van der Waals surface area contributed by atoms with Gasteiger partial charge >= 0.3 is 5.97 Å². The molecular weight excluding hydrogens is 288 g/mol.